The molecule has 2 heterocycles. The molecule has 279 valence electrons. The van der Waals surface area contributed by atoms with Crippen molar-refractivity contribution in [2.75, 3.05) is 48.5 Å². The molecule has 15 nitrogen and oxygen atoms in total. The van der Waals surface area contributed by atoms with Crippen LogP contribution in [0.3, 0.4) is 0 Å². The van der Waals surface area contributed by atoms with Gasteiger partial charge >= 0.3 is 108 Å². The van der Waals surface area contributed by atoms with Crippen LogP contribution in [0.4, 0.5) is 9.59 Å². The van der Waals surface area contributed by atoms with Gasteiger partial charge in [-0.3, -0.25) is 19.4 Å². The van der Waals surface area contributed by atoms with Crippen LogP contribution in [-0.4, -0.2) is 147 Å². The van der Waals surface area contributed by atoms with Gasteiger partial charge in [-0.1, -0.05) is 35.1 Å². The molecule has 49 heavy (non-hydrogen) atoms. The van der Waals surface area contributed by atoms with Gasteiger partial charge in [0.25, 0.3) is 0 Å². The van der Waals surface area contributed by atoms with Gasteiger partial charge in [0, 0.05) is 35.6 Å². The van der Waals surface area contributed by atoms with Crippen LogP contribution < -0.4 is 18.9 Å². The number of hydrogen-bond donors (Lipinski definition) is 1. The molecule has 2 N–H and O–H groups in total. The molecule has 0 aromatic carbocycles. The maximum absolute atomic E-state index is 12.7. The Hall–Kier alpha value is -0.183. The fourth-order valence-electron chi connectivity index (χ4n) is 5.35. The molecular formula is C28H51BI3LiN4O11V. The number of likely N-dealkylation sites (N-methyl/N-ethyl adjacent to an activating group) is 2. The summed E-state index contributed by atoms with van der Waals surface area (Å²) in [6.07, 6.45) is 1.27. The summed E-state index contributed by atoms with van der Waals surface area (Å²) in [4.78, 5) is 76.6. The number of carboxylic acids is 1. The largest absolute Gasteiger partial charge is 1.00 e. The van der Waals surface area contributed by atoms with Gasteiger partial charge in [0.05, 0.1) is 21.3 Å². The van der Waals surface area contributed by atoms with Crippen LogP contribution in [0.5, 0.6) is 0 Å². The molecule has 0 aliphatic carbocycles. The minimum absolute atomic E-state index is 0. The molecule has 2 aliphatic rings. The van der Waals surface area contributed by atoms with E-state index in [2.05, 4.69) is 69.4 Å². The number of carboxylic acid groups (broad SMARTS) is 1. The molecule has 2 saturated heterocycles. The third-order valence-corrected chi connectivity index (χ3v) is 7.36. The minimum Gasteiger partial charge on any atom is -0.870 e. The Labute approximate surface area is 343 Å². The zero-order chi connectivity index (χ0) is 35.2. The number of likely N-dealkylation sites (tertiary alicyclic amines) is 2. The third kappa shape index (κ3) is 18.4. The molecule has 0 spiro atoms. The van der Waals surface area contributed by atoms with Crippen LogP contribution in [0.2, 0.25) is 0 Å². The van der Waals surface area contributed by atoms with Crippen LogP contribution in [-0.2, 0) is 38.3 Å². The Morgan fingerprint density at radius 3 is 1.31 bits per heavy atom. The fourth-order valence-corrected chi connectivity index (χ4v) is 5.35. The van der Waals surface area contributed by atoms with E-state index in [9.17, 15) is 28.8 Å². The topological polar surface area (TPSA) is 193 Å². The van der Waals surface area contributed by atoms with E-state index in [1.54, 1.807) is 0 Å². The standard InChI is InChI=1S/C14H24N2O5.C13H22N2O5.CH4.B.3HI.Li.H2O.V/c1-9(2)11(15(3)14(19)21-5)12(17)16-8-6-7-10(16)13(18)20-4;1-8(2)10(14(3)13(19)20-4)11(16)15-7-5-6-9(15)12(17)18;;;;;;;;/h9-11H,6-8H2,1-5H3;8-10H,5-7H2,1-4H3,(H,17,18);1H4;;3*1H;;1H2;/q;;;;;;;+1;;+3/p-4/t10-,11-;9-,10-;;;;;;;;/m00......../s1. The Morgan fingerprint density at radius 2 is 1.04 bits per heavy atom. The van der Waals surface area contributed by atoms with Crippen LogP contribution in [0.25, 0.3) is 0 Å². The van der Waals surface area contributed by atoms with Crippen molar-refractivity contribution >= 4 is 104 Å². The van der Waals surface area contributed by atoms with Gasteiger partial charge in [-0.15, -0.1) is 0 Å². The number of methoxy groups -OCH3 is 3. The second kappa shape index (κ2) is 29.3. The number of esters is 1. The van der Waals surface area contributed by atoms with E-state index in [4.69, 9.17) is 9.84 Å². The summed E-state index contributed by atoms with van der Waals surface area (Å²) in [5.41, 5.74) is 0. The Bertz CT molecular complexity index is 1040. The molecule has 0 unspecified atom stereocenters. The smallest absolute Gasteiger partial charge is 0.870 e. The summed E-state index contributed by atoms with van der Waals surface area (Å²) in [6.45, 7) is 8.24. The number of carbonyl (C=O) groups excluding carboxylic acids is 5. The van der Waals surface area contributed by atoms with Crippen molar-refractivity contribution in [1.82, 2.24) is 19.6 Å². The molecule has 2 rings (SSSR count). The van der Waals surface area contributed by atoms with E-state index in [-0.39, 0.29) is 68.7 Å². The van der Waals surface area contributed by atoms with Crippen molar-refractivity contribution < 1.29 is 77.3 Å². The second-order valence-electron chi connectivity index (χ2n) is 11.0. The van der Waals surface area contributed by atoms with Crippen molar-refractivity contribution in [2.24, 2.45) is 11.8 Å². The monoisotopic (exact) mass is 1070 g/mol. The maximum atomic E-state index is 12.7. The molecule has 4 atom stereocenters. The number of halogens is 3. The Kier molecular flexibility index (Phi) is 34.8. The van der Waals surface area contributed by atoms with Gasteiger partial charge in [0.15, 0.2) is 0 Å². The molecule has 4 amide bonds. The maximum Gasteiger partial charge on any atom is 1.00 e. The minimum atomic E-state index is -1.00. The summed E-state index contributed by atoms with van der Waals surface area (Å²) >= 11 is 7.39. The molecule has 0 bridgehead atoms. The molecule has 0 saturated carbocycles. The molecule has 21 heteroatoms. The predicted molar refractivity (Wildman–Crippen MR) is 203 cm³/mol. The average Bonchev–Trinajstić information content (AvgIpc) is 3.66. The number of nitrogens with zero attached hydrogens (tertiary/aromatic N) is 4. The molecule has 0 aromatic rings. The van der Waals surface area contributed by atoms with Crippen molar-refractivity contribution in [2.45, 2.75) is 85.0 Å². The first kappa shape index (κ1) is 58.1. The van der Waals surface area contributed by atoms with Crippen molar-refractivity contribution in [3.05, 3.63) is 0 Å². The molecule has 3 radical (unpaired) electrons. The van der Waals surface area contributed by atoms with E-state index in [1.165, 1.54) is 55.0 Å². The van der Waals surface area contributed by atoms with E-state index in [1.807, 2.05) is 27.7 Å². The zero-order valence-corrected chi connectivity index (χ0v) is 37.1. The number of amides is 4. The predicted octanol–water partition coefficient (Wildman–Crippen LogP) is 1.40. The van der Waals surface area contributed by atoms with Crippen molar-refractivity contribution in [3.8, 4) is 0 Å². The van der Waals surface area contributed by atoms with Crippen LogP contribution in [0.1, 0.15) is 60.8 Å². The molecule has 2 fully saturated rings. The van der Waals surface area contributed by atoms with Crippen molar-refractivity contribution in [3.63, 3.8) is 0 Å². The fraction of sp³-hybridized carbons (Fsp3) is 0.786. The van der Waals surface area contributed by atoms with E-state index in [0.717, 1.165) is 6.42 Å². The van der Waals surface area contributed by atoms with E-state index in [0.29, 0.717) is 32.4 Å². The summed E-state index contributed by atoms with van der Waals surface area (Å²) in [6, 6.07) is -2.74. The van der Waals surface area contributed by atoms with Crippen LogP contribution >= 0.6 is 59.9 Å². The summed E-state index contributed by atoms with van der Waals surface area (Å²) < 4.78 is 14.1. The number of hydrogen-bond acceptors (Lipinski definition) is 10. The van der Waals surface area contributed by atoms with Gasteiger partial charge in [0.2, 0.25) is 11.8 Å². The second-order valence-corrected chi connectivity index (χ2v) is 46.3. The van der Waals surface area contributed by atoms with Crippen LogP contribution in [0.15, 0.2) is 0 Å². The van der Waals surface area contributed by atoms with Crippen molar-refractivity contribution in [1.29, 1.82) is 0 Å². The molecular weight excluding hydrogens is 1020 g/mol. The van der Waals surface area contributed by atoms with Gasteiger partial charge in [0.1, 0.15) is 24.2 Å². The van der Waals surface area contributed by atoms with Gasteiger partial charge < -0.3 is 34.6 Å². The van der Waals surface area contributed by atoms with Crippen LogP contribution in [0, 0.1) is 11.8 Å². The summed E-state index contributed by atoms with van der Waals surface area (Å²) in [5, 5.41) is 9.15. The van der Waals surface area contributed by atoms with E-state index >= 15 is 0 Å². The Balaban J connectivity index is -0.000000221. The number of aliphatic carboxylic acids is 1. The van der Waals surface area contributed by atoms with Gasteiger partial charge in [-0.25, -0.2) is 19.2 Å². The number of carbonyl (C=O) groups is 6. The molecule has 0 aromatic heterocycles. The summed E-state index contributed by atoms with van der Waals surface area (Å²) in [5.74, 6) is -2.23. The molecule has 2 aliphatic heterocycles. The number of ether oxygens (including phenoxy) is 3. The van der Waals surface area contributed by atoms with Gasteiger partial charge in [-0.2, -0.15) is 0 Å². The zero-order valence-electron chi connectivity index (χ0n) is 29.2. The number of rotatable bonds is 8. The SMILES string of the molecule is C.COC(=O)N(C)[C@H](C(=O)N1CCC[C@H]1C(=O)O)C(C)C.COC(=O)[C@@H]1CCCN1C(=O)[C@H](C(C)C)N(C)C(=O)OC.[B].[I][V]([I])[I].[Li+].[OH-]. The average molecular weight is 1070 g/mol. The third-order valence-electron chi connectivity index (χ3n) is 7.36. The summed E-state index contributed by atoms with van der Waals surface area (Å²) in [7, 11) is 6.84. The normalized spacial score (nSPS) is 17.1. The first-order chi connectivity index (χ1) is 20.9. The first-order valence-corrected chi connectivity index (χ1v) is 27.7. The van der Waals surface area contributed by atoms with Gasteiger partial charge in [-0.05, 0) is 37.5 Å². The quantitative estimate of drug-likeness (QED) is 0.160. The first-order valence-electron chi connectivity index (χ1n) is 14.2. The van der Waals surface area contributed by atoms with E-state index < -0.39 is 48.3 Å². The Morgan fingerprint density at radius 1 is 0.735 bits per heavy atom.